The molecule has 9 nitrogen and oxygen atoms in total. The summed E-state index contributed by atoms with van der Waals surface area (Å²) in [5.41, 5.74) is -0.800. The van der Waals surface area contributed by atoms with E-state index in [0.717, 1.165) is 0 Å². The molecule has 0 N–H and O–H groups in total. The van der Waals surface area contributed by atoms with Gasteiger partial charge < -0.3 is 28.4 Å². The van der Waals surface area contributed by atoms with Gasteiger partial charge in [0.2, 0.25) is 6.10 Å². The van der Waals surface area contributed by atoms with E-state index in [1.165, 1.54) is 0 Å². The molecule has 1 aliphatic carbocycles. The van der Waals surface area contributed by atoms with Crippen molar-refractivity contribution in [1.29, 1.82) is 0 Å². The zero-order valence-corrected chi connectivity index (χ0v) is 18.8. The molecule has 1 saturated carbocycles. The lowest BCUT2D eigenvalue weighted by Crippen LogP contribution is -2.43. The van der Waals surface area contributed by atoms with Crippen LogP contribution in [0.5, 0.6) is 0 Å². The smallest absolute Gasteiger partial charge is 0.454 e. The molecule has 4 rings (SSSR count). The predicted octanol–water partition coefficient (Wildman–Crippen LogP) is 2.69. The van der Waals surface area contributed by atoms with Gasteiger partial charge in [-0.3, -0.25) is 9.59 Å². The fourth-order valence-electron chi connectivity index (χ4n) is 4.40. The maximum Gasteiger partial charge on any atom is 0.457 e. The molecular weight excluding hydrogens is 472 g/mol. The van der Waals surface area contributed by atoms with Gasteiger partial charge in [-0.05, 0) is 33.1 Å². The van der Waals surface area contributed by atoms with Gasteiger partial charge in [0.1, 0.15) is 6.10 Å². The van der Waals surface area contributed by atoms with Crippen LogP contribution in [0.15, 0.2) is 0 Å². The van der Waals surface area contributed by atoms with Crippen LogP contribution in [0.25, 0.3) is 0 Å². The van der Waals surface area contributed by atoms with Crippen LogP contribution in [-0.4, -0.2) is 66.9 Å². The van der Waals surface area contributed by atoms with Crippen molar-refractivity contribution in [2.45, 2.75) is 102 Å². The summed E-state index contributed by atoms with van der Waals surface area (Å²) in [6.07, 6.45) is -12.9. The molecule has 6 atom stereocenters. The molecule has 6 unspecified atom stereocenters. The number of esters is 3. The Bertz CT molecular complexity index is 837. The number of carbonyl (C=O) groups excluding carboxylic acids is 3. The fraction of sp³-hybridized carbons (Fsp3) is 0.857. The zero-order valence-electron chi connectivity index (χ0n) is 18.8. The van der Waals surface area contributed by atoms with Crippen LogP contribution in [0.4, 0.5) is 17.6 Å². The second-order valence-corrected chi connectivity index (χ2v) is 9.61. The largest absolute Gasteiger partial charge is 0.457 e. The van der Waals surface area contributed by atoms with E-state index < -0.39 is 78.3 Å². The fourth-order valence-corrected chi connectivity index (χ4v) is 4.40. The minimum absolute atomic E-state index is 0.0447. The van der Waals surface area contributed by atoms with Crippen molar-refractivity contribution >= 4 is 17.9 Å². The maximum absolute atomic E-state index is 13.0. The van der Waals surface area contributed by atoms with Crippen LogP contribution >= 0.6 is 0 Å². The van der Waals surface area contributed by atoms with E-state index in [0.29, 0.717) is 6.42 Å². The van der Waals surface area contributed by atoms with Crippen molar-refractivity contribution in [2.24, 2.45) is 11.3 Å². The van der Waals surface area contributed by atoms with Crippen LogP contribution in [0.1, 0.15) is 52.9 Å². The van der Waals surface area contributed by atoms with Crippen molar-refractivity contribution < 1.29 is 60.4 Å². The topological polar surface area (TPSA) is 107 Å². The maximum atomic E-state index is 13.0. The third kappa shape index (κ3) is 4.49. The molecule has 0 amide bonds. The molecule has 13 heteroatoms. The van der Waals surface area contributed by atoms with Gasteiger partial charge in [-0.1, -0.05) is 6.92 Å². The molecule has 0 aromatic rings. The lowest BCUT2D eigenvalue weighted by atomic mass is 9.85. The minimum atomic E-state index is -5.29. The van der Waals surface area contributed by atoms with Gasteiger partial charge in [0.15, 0.2) is 24.3 Å². The number of alkyl halides is 4. The van der Waals surface area contributed by atoms with Crippen molar-refractivity contribution in [3.8, 4) is 0 Å². The van der Waals surface area contributed by atoms with Crippen molar-refractivity contribution in [2.75, 3.05) is 0 Å². The van der Waals surface area contributed by atoms with Gasteiger partial charge in [-0.25, -0.2) is 4.79 Å². The standard InChI is InChI=1S/C21H26F4O9/c1-4-19(2,3)18(28)31-12-10-11(29-15(12)27)13-16(30-10)34-20(33-13)7-5-9(6-8-20)14(26)32-17(22)21(23,24)25/h9-13,16-17H,4-8H2,1-3H3. The monoisotopic (exact) mass is 498 g/mol. The number of fused-ring (bicyclic) bond motifs is 3. The van der Waals surface area contributed by atoms with Crippen molar-refractivity contribution in [3.63, 3.8) is 0 Å². The van der Waals surface area contributed by atoms with Gasteiger partial charge in [-0.2, -0.15) is 17.6 Å². The second-order valence-electron chi connectivity index (χ2n) is 9.61. The first-order valence-corrected chi connectivity index (χ1v) is 11.1. The van der Waals surface area contributed by atoms with E-state index in [1.54, 1.807) is 13.8 Å². The van der Waals surface area contributed by atoms with Gasteiger partial charge in [0.25, 0.3) is 0 Å². The summed E-state index contributed by atoms with van der Waals surface area (Å²) in [5, 5.41) is 0. The number of hydrogen-bond acceptors (Lipinski definition) is 9. The Kier molecular flexibility index (Phi) is 6.35. The first-order chi connectivity index (χ1) is 15.8. The molecule has 3 saturated heterocycles. The average molecular weight is 498 g/mol. The normalized spacial score (nSPS) is 38.3. The molecular formula is C21H26F4O9. The van der Waals surface area contributed by atoms with Gasteiger partial charge in [-0.15, -0.1) is 0 Å². The zero-order chi connectivity index (χ0) is 25.1. The molecule has 3 heterocycles. The highest BCUT2D eigenvalue weighted by Gasteiger charge is 2.66. The van der Waals surface area contributed by atoms with Crippen LogP contribution in [-0.2, 0) is 42.8 Å². The van der Waals surface area contributed by atoms with Gasteiger partial charge in [0, 0.05) is 12.8 Å². The number of ether oxygens (including phenoxy) is 6. The quantitative estimate of drug-likeness (QED) is 0.321. The third-order valence-electron chi connectivity index (χ3n) is 6.90. The lowest BCUT2D eigenvalue weighted by molar-refractivity contribution is -0.265. The summed E-state index contributed by atoms with van der Waals surface area (Å²) in [6.45, 7) is 5.20. The molecule has 3 aliphatic heterocycles. The first-order valence-electron chi connectivity index (χ1n) is 11.1. The Morgan fingerprint density at radius 1 is 1.12 bits per heavy atom. The molecule has 0 bridgehead atoms. The molecule has 4 aliphatic rings. The summed E-state index contributed by atoms with van der Waals surface area (Å²) in [4.78, 5) is 36.6. The van der Waals surface area contributed by atoms with Crippen LogP contribution < -0.4 is 0 Å². The molecule has 0 aromatic heterocycles. The Hall–Kier alpha value is -1.99. The highest BCUT2D eigenvalue weighted by Crippen LogP contribution is 2.49. The molecule has 192 valence electrons. The Morgan fingerprint density at radius 3 is 2.35 bits per heavy atom. The van der Waals surface area contributed by atoms with E-state index in [9.17, 15) is 31.9 Å². The van der Waals surface area contributed by atoms with E-state index in [1.807, 2.05) is 6.92 Å². The summed E-state index contributed by atoms with van der Waals surface area (Å²) < 4.78 is 82.2. The average Bonchev–Trinajstić information content (AvgIpc) is 3.36. The predicted molar refractivity (Wildman–Crippen MR) is 100 cm³/mol. The van der Waals surface area contributed by atoms with Crippen LogP contribution in [0, 0.1) is 11.3 Å². The molecule has 0 radical (unpaired) electrons. The van der Waals surface area contributed by atoms with E-state index in [2.05, 4.69) is 4.74 Å². The highest BCUT2D eigenvalue weighted by atomic mass is 19.4. The Labute approximate surface area is 192 Å². The number of carbonyl (C=O) groups is 3. The van der Waals surface area contributed by atoms with Crippen LogP contribution in [0.2, 0.25) is 0 Å². The molecule has 4 fully saturated rings. The van der Waals surface area contributed by atoms with Crippen LogP contribution in [0.3, 0.4) is 0 Å². The van der Waals surface area contributed by atoms with Crippen molar-refractivity contribution in [1.82, 2.24) is 0 Å². The second kappa shape index (κ2) is 8.59. The third-order valence-corrected chi connectivity index (χ3v) is 6.90. The molecule has 1 spiro atoms. The molecule has 34 heavy (non-hydrogen) atoms. The summed E-state index contributed by atoms with van der Waals surface area (Å²) in [6, 6.07) is 0. The summed E-state index contributed by atoms with van der Waals surface area (Å²) in [7, 11) is 0. The highest BCUT2D eigenvalue weighted by molar-refractivity contribution is 5.84. The first kappa shape index (κ1) is 25.1. The minimum Gasteiger partial charge on any atom is -0.454 e. The number of hydrogen-bond donors (Lipinski definition) is 0. The summed E-state index contributed by atoms with van der Waals surface area (Å²) in [5.74, 6) is -4.74. The van der Waals surface area contributed by atoms with E-state index >= 15 is 0 Å². The number of halogens is 4. The number of rotatable bonds is 5. The van der Waals surface area contributed by atoms with Crippen molar-refractivity contribution in [3.05, 3.63) is 0 Å². The van der Waals surface area contributed by atoms with Gasteiger partial charge in [0.05, 0.1) is 11.3 Å². The van der Waals surface area contributed by atoms with Gasteiger partial charge >= 0.3 is 30.4 Å². The Balaban J connectivity index is 1.33. The van der Waals surface area contributed by atoms with E-state index in [4.69, 9.17) is 23.7 Å². The lowest BCUT2D eigenvalue weighted by Gasteiger charge is -2.36. The molecule has 0 aromatic carbocycles. The van der Waals surface area contributed by atoms with E-state index in [-0.39, 0.29) is 25.7 Å². The SMILES string of the molecule is CCC(C)(C)C(=O)OC1C(=O)OC2C3OC4(CCC(C(=O)OC(F)C(F)(F)F)CC4)OC3OC12. The summed E-state index contributed by atoms with van der Waals surface area (Å²) >= 11 is 0. The Morgan fingerprint density at radius 2 is 1.76 bits per heavy atom.